The summed E-state index contributed by atoms with van der Waals surface area (Å²) in [5.74, 6) is -2.67. The van der Waals surface area contributed by atoms with Crippen LogP contribution < -0.4 is 10.9 Å². The Bertz CT molecular complexity index is 841. The maximum Gasteiger partial charge on any atom is 0.322 e. The Balaban J connectivity index is 2.63. The Morgan fingerprint density at radius 2 is 2.09 bits per heavy atom. The van der Waals surface area contributed by atoms with E-state index in [0.717, 1.165) is 23.0 Å². The van der Waals surface area contributed by atoms with Crippen molar-refractivity contribution in [2.75, 3.05) is 6.54 Å². The fraction of sp³-hybridized carbons (Fsp3) is 0.333. The summed E-state index contributed by atoms with van der Waals surface area (Å²) >= 11 is 0. The molecule has 0 spiro atoms. The Morgan fingerprint density at radius 3 is 2.70 bits per heavy atom. The molecule has 0 saturated carbocycles. The van der Waals surface area contributed by atoms with E-state index in [1.165, 1.54) is 7.05 Å². The van der Waals surface area contributed by atoms with Gasteiger partial charge in [-0.1, -0.05) is 13.3 Å². The molecule has 2 heterocycles. The maximum atomic E-state index is 12.3. The lowest BCUT2D eigenvalue weighted by Gasteiger charge is -2.11. The van der Waals surface area contributed by atoms with Crippen LogP contribution in [0.15, 0.2) is 17.1 Å². The molecular weight excluding hydrogens is 302 g/mol. The van der Waals surface area contributed by atoms with Gasteiger partial charge in [0.05, 0.1) is 5.39 Å². The van der Waals surface area contributed by atoms with Crippen LogP contribution in [-0.2, 0) is 18.3 Å². The summed E-state index contributed by atoms with van der Waals surface area (Å²) in [7, 11) is 1.44. The number of nitrogens with zero attached hydrogens (tertiary/aromatic N) is 2. The average Bonchev–Trinajstić information content (AvgIpc) is 2.51. The second-order valence-corrected chi connectivity index (χ2v) is 5.13. The highest BCUT2D eigenvalue weighted by Crippen LogP contribution is 2.26. The molecule has 23 heavy (non-hydrogen) atoms. The first-order valence-corrected chi connectivity index (χ1v) is 7.07. The van der Waals surface area contributed by atoms with Crippen molar-refractivity contribution in [3.05, 3.63) is 33.7 Å². The van der Waals surface area contributed by atoms with Gasteiger partial charge in [0.1, 0.15) is 23.5 Å². The number of pyridine rings is 2. The highest BCUT2D eigenvalue weighted by Gasteiger charge is 2.22. The SMILES string of the molecule is CCCc1cnc2c(c1)c(O)c(C(=O)NCC(=O)O)c(=O)n2C. The minimum atomic E-state index is -1.25. The third-order valence-corrected chi connectivity index (χ3v) is 3.42. The molecule has 0 saturated heterocycles. The predicted octanol–water partition coefficient (Wildman–Crippen LogP) is 0.406. The molecule has 122 valence electrons. The largest absolute Gasteiger partial charge is 0.506 e. The van der Waals surface area contributed by atoms with Gasteiger partial charge in [-0.15, -0.1) is 0 Å². The van der Waals surface area contributed by atoms with Gasteiger partial charge in [-0.2, -0.15) is 0 Å². The molecule has 2 aromatic heterocycles. The zero-order valence-corrected chi connectivity index (χ0v) is 12.8. The van der Waals surface area contributed by atoms with E-state index in [-0.39, 0.29) is 11.0 Å². The topological polar surface area (TPSA) is 122 Å². The Morgan fingerprint density at radius 1 is 1.39 bits per heavy atom. The van der Waals surface area contributed by atoms with Crippen molar-refractivity contribution in [1.29, 1.82) is 0 Å². The molecule has 2 rings (SSSR count). The van der Waals surface area contributed by atoms with Crippen molar-refractivity contribution in [1.82, 2.24) is 14.9 Å². The summed E-state index contributed by atoms with van der Waals surface area (Å²) in [5, 5.41) is 21.3. The minimum absolute atomic E-state index is 0.252. The first-order chi connectivity index (χ1) is 10.9. The number of carbonyl (C=O) groups is 2. The first kappa shape index (κ1) is 16.5. The summed E-state index contributed by atoms with van der Waals surface area (Å²) in [6.45, 7) is 1.35. The summed E-state index contributed by atoms with van der Waals surface area (Å²) in [6, 6.07) is 1.68. The molecule has 0 aliphatic rings. The zero-order valence-electron chi connectivity index (χ0n) is 12.8. The fourth-order valence-electron chi connectivity index (χ4n) is 2.32. The summed E-state index contributed by atoms with van der Waals surface area (Å²) in [6.07, 6.45) is 3.24. The molecule has 1 amide bonds. The normalized spacial score (nSPS) is 10.7. The number of fused-ring (bicyclic) bond motifs is 1. The standard InChI is InChI=1S/C15H17N3O5/c1-3-4-8-5-9-12(21)11(14(22)17-7-10(19)20)15(23)18(2)13(9)16-6-8/h5-6,21H,3-4,7H2,1-2H3,(H,17,22)(H,19,20). The van der Waals surface area contributed by atoms with Crippen LogP contribution in [0.25, 0.3) is 11.0 Å². The van der Waals surface area contributed by atoms with E-state index in [1.54, 1.807) is 12.3 Å². The molecular formula is C15H17N3O5. The number of aromatic hydroxyl groups is 1. The van der Waals surface area contributed by atoms with E-state index in [1.807, 2.05) is 6.92 Å². The number of aliphatic carboxylic acids is 1. The minimum Gasteiger partial charge on any atom is -0.506 e. The smallest absolute Gasteiger partial charge is 0.322 e. The van der Waals surface area contributed by atoms with Crippen molar-refractivity contribution in [3.63, 3.8) is 0 Å². The number of aromatic nitrogens is 2. The number of hydrogen-bond donors (Lipinski definition) is 3. The van der Waals surface area contributed by atoms with Gasteiger partial charge in [0, 0.05) is 13.2 Å². The molecule has 0 atom stereocenters. The molecule has 3 N–H and O–H groups in total. The molecule has 2 aromatic rings. The third kappa shape index (κ3) is 3.15. The molecule has 0 fully saturated rings. The molecule has 8 heteroatoms. The lowest BCUT2D eigenvalue weighted by Crippen LogP contribution is -2.35. The summed E-state index contributed by atoms with van der Waals surface area (Å²) in [4.78, 5) is 39.0. The van der Waals surface area contributed by atoms with Gasteiger partial charge in [-0.05, 0) is 18.1 Å². The van der Waals surface area contributed by atoms with E-state index in [4.69, 9.17) is 5.11 Å². The van der Waals surface area contributed by atoms with E-state index in [0.29, 0.717) is 0 Å². The van der Waals surface area contributed by atoms with Crippen molar-refractivity contribution in [2.24, 2.45) is 7.05 Å². The molecule has 0 unspecified atom stereocenters. The van der Waals surface area contributed by atoms with E-state index < -0.39 is 35.3 Å². The zero-order chi connectivity index (χ0) is 17.1. The molecule has 0 aliphatic carbocycles. The first-order valence-electron chi connectivity index (χ1n) is 7.07. The van der Waals surface area contributed by atoms with Crippen molar-refractivity contribution < 1.29 is 19.8 Å². The number of carboxylic acid groups (broad SMARTS) is 1. The average molecular weight is 319 g/mol. The highest BCUT2D eigenvalue weighted by atomic mass is 16.4. The van der Waals surface area contributed by atoms with Crippen LogP contribution in [0, 0.1) is 0 Å². The van der Waals surface area contributed by atoms with Crippen LogP contribution in [0.1, 0.15) is 29.3 Å². The summed E-state index contributed by atoms with van der Waals surface area (Å²) < 4.78 is 1.15. The monoisotopic (exact) mass is 319 g/mol. The van der Waals surface area contributed by atoms with Crippen LogP contribution in [0.3, 0.4) is 0 Å². The second-order valence-electron chi connectivity index (χ2n) is 5.13. The highest BCUT2D eigenvalue weighted by molar-refractivity contribution is 6.02. The van der Waals surface area contributed by atoms with Crippen LogP contribution in [0.4, 0.5) is 0 Å². The molecule has 0 aliphatic heterocycles. The fourth-order valence-corrected chi connectivity index (χ4v) is 2.32. The van der Waals surface area contributed by atoms with Gasteiger partial charge in [0.15, 0.2) is 0 Å². The van der Waals surface area contributed by atoms with E-state index >= 15 is 0 Å². The number of carbonyl (C=O) groups excluding carboxylic acids is 1. The molecule has 0 radical (unpaired) electrons. The Kier molecular flexibility index (Phi) is 4.63. The van der Waals surface area contributed by atoms with E-state index in [9.17, 15) is 19.5 Å². The van der Waals surface area contributed by atoms with E-state index in [2.05, 4.69) is 10.3 Å². The van der Waals surface area contributed by atoms with Crippen molar-refractivity contribution in [2.45, 2.75) is 19.8 Å². The number of carboxylic acids is 1. The van der Waals surface area contributed by atoms with Crippen LogP contribution in [0.5, 0.6) is 5.75 Å². The number of amides is 1. The lowest BCUT2D eigenvalue weighted by atomic mass is 10.1. The van der Waals surface area contributed by atoms with Crippen LogP contribution in [0.2, 0.25) is 0 Å². The van der Waals surface area contributed by atoms with Gasteiger partial charge >= 0.3 is 5.97 Å². The van der Waals surface area contributed by atoms with Crippen LogP contribution >= 0.6 is 0 Å². The van der Waals surface area contributed by atoms with Gasteiger partial charge in [0.2, 0.25) is 0 Å². The summed E-state index contributed by atoms with van der Waals surface area (Å²) in [5.41, 5.74) is -0.113. The third-order valence-electron chi connectivity index (χ3n) is 3.42. The number of hydrogen-bond acceptors (Lipinski definition) is 5. The molecule has 8 nitrogen and oxygen atoms in total. The number of aryl methyl sites for hydroxylation is 2. The van der Waals surface area contributed by atoms with Gasteiger partial charge in [-0.3, -0.25) is 19.0 Å². The van der Waals surface area contributed by atoms with Crippen molar-refractivity contribution in [3.8, 4) is 5.75 Å². The Labute approximate surface area is 131 Å². The Hall–Kier alpha value is -2.90. The number of rotatable bonds is 5. The van der Waals surface area contributed by atoms with Crippen LogP contribution in [-0.4, -0.2) is 38.2 Å². The van der Waals surface area contributed by atoms with Gasteiger partial charge < -0.3 is 15.5 Å². The second kappa shape index (κ2) is 6.47. The number of nitrogens with one attached hydrogen (secondary N) is 1. The van der Waals surface area contributed by atoms with Gasteiger partial charge in [0.25, 0.3) is 11.5 Å². The van der Waals surface area contributed by atoms with Gasteiger partial charge in [-0.25, -0.2) is 4.98 Å². The lowest BCUT2D eigenvalue weighted by molar-refractivity contribution is -0.135. The molecule has 0 aromatic carbocycles. The quantitative estimate of drug-likeness (QED) is 0.733. The predicted molar refractivity (Wildman–Crippen MR) is 82.6 cm³/mol. The molecule has 0 bridgehead atoms. The van der Waals surface area contributed by atoms with Crippen molar-refractivity contribution >= 4 is 22.9 Å². The maximum absolute atomic E-state index is 12.3.